The van der Waals surface area contributed by atoms with Gasteiger partial charge < -0.3 is 14.6 Å². The molecule has 2 rings (SSSR count). The summed E-state index contributed by atoms with van der Waals surface area (Å²) in [6, 6.07) is 0.560. The van der Waals surface area contributed by atoms with Gasteiger partial charge in [0.15, 0.2) is 5.16 Å². The standard InChI is InChI=1S/C18H31N3O2S/c1-13(2)23-11-7-10-19-17(22)12-24-18-20-14(3)15(4)21(18)16-8-5-6-9-16/h13,16H,5-12H2,1-4H3,(H,19,22). The third-order valence-electron chi connectivity index (χ3n) is 4.47. The molecule has 136 valence electrons. The number of hydrogen-bond donors (Lipinski definition) is 1. The number of thioether (sulfide) groups is 1. The van der Waals surface area contributed by atoms with Crippen LogP contribution < -0.4 is 5.32 Å². The summed E-state index contributed by atoms with van der Waals surface area (Å²) >= 11 is 1.55. The van der Waals surface area contributed by atoms with E-state index in [2.05, 4.69) is 28.7 Å². The average molecular weight is 354 g/mol. The van der Waals surface area contributed by atoms with Crippen LogP contribution in [0.4, 0.5) is 0 Å². The van der Waals surface area contributed by atoms with Gasteiger partial charge in [0.05, 0.1) is 17.6 Å². The van der Waals surface area contributed by atoms with Gasteiger partial charge in [-0.25, -0.2) is 4.98 Å². The molecule has 1 saturated carbocycles. The normalized spacial score (nSPS) is 15.4. The first-order valence-corrected chi connectivity index (χ1v) is 10.0. The molecule has 0 aliphatic heterocycles. The van der Waals surface area contributed by atoms with Crippen LogP contribution in [-0.4, -0.2) is 40.5 Å². The van der Waals surface area contributed by atoms with E-state index in [4.69, 9.17) is 4.74 Å². The van der Waals surface area contributed by atoms with Crippen LogP contribution in [0.25, 0.3) is 0 Å². The molecule has 1 N–H and O–H groups in total. The highest BCUT2D eigenvalue weighted by Crippen LogP contribution is 2.35. The number of hydrogen-bond acceptors (Lipinski definition) is 4. The summed E-state index contributed by atoms with van der Waals surface area (Å²) in [6.45, 7) is 9.59. The van der Waals surface area contributed by atoms with Crippen molar-refractivity contribution in [1.29, 1.82) is 0 Å². The maximum absolute atomic E-state index is 12.0. The molecule has 1 amide bonds. The lowest BCUT2D eigenvalue weighted by molar-refractivity contribution is -0.118. The second-order valence-electron chi connectivity index (χ2n) is 6.79. The van der Waals surface area contributed by atoms with Crippen molar-refractivity contribution in [2.75, 3.05) is 18.9 Å². The molecular weight excluding hydrogens is 322 g/mol. The van der Waals surface area contributed by atoms with Gasteiger partial charge in [-0.05, 0) is 47.0 Å². The molecule has 0 saturated heterocycles. The minimum Gasteiger partial charge on any atom is -0.379 e. The van der Waals surface area contributed by atoms with E-state index >= 15 is 0 Å². The highest BCUT2D eigenvalue weighted by atomic mass is 32.2. The lowest BCUT2D eigenvalue weighted by atomic mass is 10.2. The molecule has 5 nitrogen and oxygen atoms in total. The van der Waals surface area contributed by atoms with Gasteiger partial charge in [-0.1, -0.05) is 24.6 Å². The molecule has 0 atom stereocenters. The minimum absolute atomic E-state index is 0.0702. The second-order valence-corrected chi connectivity index (χ2v) is 7.73. The maximum Gasteiger partial charge on any atom is 0.230 e. The van der Waals surface area contributed by atoms with Crippen LogP contribution in [0.1, 0.15) is 63.4 Å². The summed E-state index contributed by atoms with van der Waals surface area (Å²) in [5, 5.41) is 3.96. The van der Waals surface area contributed by atoms with E-state index < -0.39 is 0 Å². The summed E-state index contributed by atoms with van der Waals surface area (Å²) in [6.07, 6.45) is 6.15. The van der Waals surface area contributed by atoms with E-state index in [-0.39, 0.29) is 12.0 Å². The number of carbonyl (C=O) groups excluding carboxylic acids is 1. The van der Waals surface area contributed by atoms with Crippen LogP contribution in [0.15, 0.2) is 5.16 Å². The Morgan fingerprint density at radius 2 is 2.08 bits per heavy atom. The fourth-order valence-electron chi connectivity index (χ4n) is 3.09. The van der Waals surface area contributed by atoms with Crippen molar-refractivity contribution in [3.63, 3.8) is 0 Å². The van der Waals surface area contributed by atoms with Crippen molar-refractivity contribution in [1.82, 2.24) is 14.9 Å². The number of aromatic nitrogens is 2. The van der Waals surface area contributed by atoms with Crippen LogP contribution in [0, 0.1) is 13.8 Å². The summed E-state index contributed by atoms with van der Waals surface area (Å²) < 4.78 is 7.83. The molecule has 1 aromatic heterocycles. The van der Waals surface area contributed by atoms with Crippen LogP contribution in [0.3, 0.4) is 0 Å². The second kappa shape index (κ2) is 9.47. The summed E-state index contributed by atoms with van der Waals surface area (Å²) in [7, 11) is 0. The topological polar surface area (TPSA) is 56.1 Å². The number of amides is 1. The van der Waals surface area contributed by atoms with Crippen LogP contribution in [0.2, 0.25) is 0 Å². The van der Waals surface area contributed by atoms with Crippen molar-refractivity contribution in [2.24, 2.45) is 0 Å². The van der Waals surface area contributed by atoms with Gasteiger partial charge in [0.1, 0.15) is 0 Å². The fourth-order valence-corrected chi connectivity index (χ4v) is 4.08. The number of ether oxygens (including phenoxy) is 1. The summed E-state index contributed by atoms with van der Waals surface area (Å²) in [4.78, 5) is 16.7. The zero-order valence-corrected chi connectivity index (χ0v) is 16.2. The smallest absolute Gasteiger partial charge is 0.230 e. The van der Waals surface area contributed by atoms with Gasteiger partial charge in [0.2, 0.25) is 5.91 Å². The van der Waals surface area contributed by atoms with E-state index in [0.29, 0.717) is 24.9 Å². The quantitative estimate of drug-likeness (QED) is 0.544. The van der Waals surface area contributed by atoms with Crippen molar-refractivity contribution in [3.05, 3.63) is 11.4 Å². The molecule has 1 aliphatic carbocycles. The highest BCUT2D eigenvalue weighted by Gasteiger charge is 2.23. The third-order valence-corrected chi connectivity index (χ3v) is 5.42. The molecule has 24 heavy (non-hydrogen) atoms. The molecule has 0 aromatic carbocycles. The number of carbonyl (C=O) groups is 1. The first-order chi connectivity index (χ1) is 11.5. The third kappa shape index (κ3) is 5.52. The first kappa shape index (κ1) is 19.3. The predicted octanol–water partition coefficient (Wildman–Crippen LogP) is 3.64. The molecule has 0 unspecified atom stereocenters. The van der Waals surface area contributed by atoms with E-state index in [9.17, 15) is 4.79 Å². The van der Waals surface area contributed by atoms with Gasteiger partial charge in [-0.2, -0.15) is 0 Å². The highest BCUT2D eigenvalue weighted by molar-refractivity contribution is 7.99. The number of nitrogens with one attached hydrogen (secondary N) is 1. The Labute approximate surface area is 149 Å². The zero-order chi connectivity index (χ0) is 17.5. The Morgan fingerprint density at radius 3 is 2.75 bits per heavy atom. The van der Waals surface area contributed by atoms with Gasteiger partial charge in [0.25, 0.3) is 0 Å². The Balaban J connectivity index is 1.79. The lowest BCUT2D eigenvalue weighted by Crippen LogP contribution is -2.27. The van der Waals surface area contributed by atoms with Gasteiger partial charge >= 0.3 is 0 Å². The molecule has 0 bridgehead atoms. The first-order valence-electron chi connectivity index (χ1n) is 9.05. The van der Waals surface area contributed by atoms with E-state index in [1.54, 1.807) is 11.8 Å². The molecule has 1 heterocycles. The molecule has 1 aromatic rings. The van der Waals surface area contributed by atoms with Gasteiger partial charge in [-0.15, -0.1) is 0 Å². The van der Waals surface area contributed by atoms with Crippen molar-refractivity contribution in [2.45, 2.75) is 77.1 Å². The monoisotopic (exact) mass is 353 g/mol. The van der Waals surface area contributed by atoms with Crippen molar-refractivity contribution < 1.29 is 9.53 Å². The SMILES string of the molecule is Cc1nc(SCC(=O)NCCCOC(C)C)n(C2CCCC2)c1C. The van der Waals surface area contributed by atoms with Crippen LogP contribution in [0.5, 0.6) is 0 Å². The van der Waals surface area contributed by atoms with Crippen LogP contribution in [-0.2, 0) is 9.53 Å². The number of aryl methyl sites for hydroxylation is 1. The Kier molecular flexibility index (Phi) is 7.62. The molecule has 0 radical (unpaired) electrons. The summed E-state index contributed by atoms with van der Waals surface area (Å²) in [5.74, 6) is 0.494. The van der Waals surface area contributed by atoms with Crippen LogP contribution >= 0.6 is 11.8 Å². The molecule has 1 fully saturated rings. The van der Waals surface area contributed by atoms with Gasteiger partial charge in [-0.3, -0.25) is 4.79 Å². The Bertz CT molecular complexity index is 537. The maximum atomic E-state index is 12.0. The number of nitrogens with zero attached hydrogens (tertiary/aromatic N) is 2. The molecule has 6 heteroatoms. The van der Waals surface area contributed by atoms with Crippen molar-refractivity contribution >= 4 is 17.7 Å². The Hall–Kier alpha value is -1.01. The molecular formula is C18H31N3O2S. The van der Waals surface area contributed by atoms with E-state index in [1.165, 1.54) is 31.4 Å². The molecule has 1 aliphatic rings. The fraction of sp³-hybridized carbons (Fsp3) is 0.778. The largest absolute Gasteiger partial charge is 0.379 e. The lowest BCUT2D eigenvalue weighted by Gasteiger charge is -2.16. The van der Waals surface area contributed by atoms with Crippen molar-refractivity contribution in [3.8, 4) is 0 Å². The van der Waals surface area contributed by atoms with E-state index in [1.807, 2.05) is 13.8 Å². The minimum atomic E-state index is 0.0702. The Morgan fingerprint density at radius 1 is 1.38 bits per heavy atom. The molecule has 0 spiro atoms. The number of imidazole rings is 1. The summed E-state index contributed by atoms with van der Waals surface area (Å²) in [5.41, 5.74) is 2.33. The number of rotatable bonds is 9. The zero-order valence-electron chi connectivity index (χ0n) is 15.4. The predicted molar refractivity (Wildman–Crippen MR) is 98.6 cm³/mol. The van der Waals surface area contributed by atoms with E-state index in [0.717, 1.165) is 17.3 Å². The van der Waals surface area contributed by atoms with Gasteiger partial charge in [0, 0.05) is 24.9 Å². The average Bonchev–Trinajstić information content (AvgIpc) is 3.13.